The van der Waals surface area contributed by atoms with E-state index in [1.165, 1.54) is 86.7 Å². The predicted octanol–water partition coefficient (Wildman–Crippen LogP) is 17.6. The molecule has 0 bridgehead atoms. The second kappa shape index (κ2) is 20.2. The minimum absolute atomic E-state index is 1.11. The first-order chi connectivity index (χ1) is 40.2. The van der Waals surface area contributed by atoms with Gasteiger partial charge in [0.1, 0.15) is 0 Å². The van der Waals surface area contributed by atoms with E-state index in [0.717, 1.165) is 44.7 Å². The summed E-state index contributed by atoms with van der Waals surface area (Å²) in [6, 6.07) is 122. The maximum atomic E-state index is 2.57. The molecule has 15 aromatic rings. The van der Waals surface area contributed by atoms with Gasteiger partial charge in [-0.25, -0.2) is 0 Å². The average molecular weight is 1050 g/mol. The summed E-state index contributed by atoms with van der Waals surface area (Å²) < 4.78 is 5.10. The van der Waals surface area contributed by atoms with Crippen LogP contribution < -0.4 is 20.7 Å². The summed E-state index contributed by atoms with van der Waals surface area (Å²) in [4.78, 5) is 0. The highest BCUT2D eigenvalue weighted by Gasteiger charge is 2.41. The molecule has 0 aliphatic rings. The van der Waals surface area contributed by atoms with E-state index >= 15 is 0 Å². The van der Waals surface area contributed by atoms with E-state index in [4.69, 9.17) is 0 Å². The largest absolute Gasteiger partial charge is 0.309 e. The van der Waals surface area contributed by atoms with Crippen LogP contribution in [0.3, 0.4) is 0 Å². The van der Waals surface area contributed by atoms with E-state index < -0.39 is 8.07 Å². The third-order valence-electron chi connectivity index (χ3n) is 16.7. The van der Waals surface area contributed by atoms with Crippen molar-refractivity contribution >= 4 is 72.4 Å². The van der Waals surface area contributed by atoms with Crippen molar-refractivity contribution in [2.24, 2.45) is 0 Å². The third kappa shape index (κ3) is 8.08. The van der Waals surface area contributed by atoms with Crippen molar-refractivity contribution in [2.75, 3.05) is 0 Å². The molecule has 0 spiro atoms. The molecule has 0 saturated heterocycles. The highest BCUT2D eigenvalue weighted by atomic mass is 28.3. The lowest BCUT2D eigenvalue weighted by Crippen LogP contribution is -2.74. The summed E-state index contributed by atoms with van der Waals surface area (Å²) in [5.74, 6) is 0. The molecule has 0 N–H and O–H groups in total. The molecule has 0 fully saturated rings. The van der Waals surface area contributed by atoms with Gasteiger partial charge < -0.3 is 9.13 Å². The Hall–Kier alpha value is -10.3. The average Bonchev–Trinajstić information content (AvgIpc) is 3.48. The van der Waals surface area contributed by atoms with Gasteiger partial charge in [-0.1, -0.05) is 279 Å². The van der Waals surface area contributed by atoms with E-state index in [0.29, 0.717) is 0 Å². The Bertz CT molecular complexity index is 4580. The van der Waals surface area contributed by atoms with Crippen molar-refractivity contribution in [2.45, 2.75) is 0 Å². The molecule has 380 valence electrons. The van der Waals surface area contributed by atoms with E-state index in [1.807, 2.05) is 0 Å². The maximum Gasteiger partial charge on any atom is 0.179 e. The first-order valence-corrected chi connectivity index (χ1v) is 30.0. The van der Waals surface area contributed by atoms with Gasteiger partial charge in [-0.15, -0.1) is 0 Å². The minimum atomic E-state index is -2.88. The molecule has 3 heteroatoms. The fraction of sp³-hybridized carbons (Fsp3) is 0. The molecule has 2 heterocycles. The van der Waals surface area contributed by atoms with Crippen molar-refractivity contribution in [1.29, 1.82) is 0 Å². The number of benzene rings is 13. The highest BCUT2D eigenvalue weighted by Crippen LogP contribution is 2.46. The van der Waals surface area contributed by atoms with Crippen LogP contribution in [0.2, 0.25) is 0 Å². The summed E-state index contributed by atoms with van der Waals surface area (Å²) in [5, 5.41) is 10.2. The van der Waals surface area contributed by atoms with Crippen LogP contribution in [-0.2, 0) is 0 Å². The van der Waals surface area contributed by atoms with Gasteiger partial charge in [-0.3, -0.25) is 0 Å². The van der Waals surface area contributed by atoms with Crippen LogP contribution in [0.5, 0.6) is 0 Å². The lowest BCUT2D eigenvalue weighted by molar-refractivity contribution is 1.17. The quantitative estimate of drug-likeness (QED) is 0.0902. The van der Waals surface area contributed by atoms with E-state index in [9.17, 15) is 0 Å². The van der Waals surface area contributed by atoms with Crippen molar-refractivity contribution < 1.29 is 0 Å². The molecule has 13 aromatic carbocycles. The molecule has 81 heavy (non-hydrogen) atoms. The normalized spacial score (nSPS) is 11.7. The minimum Gasteiger partial charge on any atom is -0.309 e. The van der Waals surface area contributed by atoms with Crippen LogP contribution in [-0.4, -0.2) is 17.2 Å². The number of rotatable bonds is 11. The Morgan fingerprint density at radius 2 is 0.630 bits per heavy atom. The smallest absolute Gasteiger partial charge is 0.179 e. The molecule has 0 aliphatic carbocycles. The molecule has 0 atom stereocenters. The SMILES string of the molecule is c1ccc(-c2cccc(-c3cccc(-c4cccc(-c5ccccc5)c4)c3-n3c4ccc(-n5c6ccccc6c6ccc([Si](c7ccccc7)(c7ccccc7)c7ccccc7)cc65)cc4c4c(-c5ccccc5)cccc43)c2)cc1. The molecular weight excluding hydrogens is 993 g/mol. The lowest BCUT2D eigenvalue weighted by atomic mass is 9.92. The van der Waals surface area contributed by atoms with Crippen LogP contribution in [0.15, 0.2) is 328 Å². The van der Waals surface area contributed by atoms with Crippen LogP contribution >= 0.6 is 0 Å². The summed E-state index contributed by atoms with van der Waals surface area (Å²) in [5.41, 5.74) is 18.6. The van der Waals surface area contributed by atoms with Gasteiger partial charge in [-0.05, 0) is 114 Å². The van der Waals surface area contributed by atoms with Crippen LogP contribution in [0.25, 0.3) is 111 Å². The van der Waals surface area contributed by atoms with E-state index in [1.54, 1.807) is 0 Å². The van der Waals surface area contributed by atoms with Gasteiger partial charge in [0.05, 0.1) is 27.8 Å². The first-order valence-electron chi connectivity index (χ1n) is 28.0. The summed E-state index contributed by atoms with van der Waals surface area (Å²) in [6.45, 7) is 0. The van der Waals surface area contributed by atoms with Gasteiger partial charge >= 0.3 is 0 Å². The molecule has 0 unspecified atom stereocenters. The van der Waals surface area contributed by atoms with Crippen LogP contribution in [0.4, 0.5) is 0 Å². The number of nitrogens with zero attached hydrogens (tertiary/aromatic N) is 2. The fourth-order valence-electron chi connectivity index (χ4n) is 13.1. The van der Waals surface area contributed by atoms with Gasteiger partial charge in [0.2, 0.25) is 0 Å². The third-order valence-corrected chi connectivity index (χ3v) is 21.4. The Morgan fingerprint density at radius 1 is 0.210 bits per heavy atom. The molecule has 2 aromatic heterocycles. The van der Waals surface area contributed by atoms with Crippen molar-refractivity contribution in [1.82, 2.24) is 9.13 Å². The second-order valence-corrected chi connectivity index (χ2v) is 24.9. The number of aromatic nitrogens is 2. The molecule has 0 radical (unpaired) electrons. The summed E-state index contributed by atoms with van der Waals surface area (Å²) >= 11 is 0. The molecule has 0 aliphatic heterocycles. The molecule has 0 amide bonds. The Kier molecular flexibility index (Phi) is 11.9. The Balaban J connectivity index is 1.03. The summed E-state index contributed by atoms with van der Waals surface area (Å²) in [7, 11) is -2.88. The van der Waals surface area contributed by atoms with Crippen LogP contribution in [0.1, 0.15) is 0 Å². The van der Waals surface area contributed by atoms with Crippen LogP contribution in [0, 0.1) is 0 Å². The molecular formula is C78H54N2Si. The second-order valence-electron chi connectivity index (χ2n) is 21.1. The standard InChI is InChI=1S/C78H54N2Si/c1-7-25-55(26-8-1)58-31-21-33-60(51-58)68-43-23-44-69(61-34-22-32-59(52-61)56-27-9-2-10-28-56)78(68)80-74-50-47-62(53-72(74)77-67(42-24-46-75(77)80)57-29-11-3-12-30-57)79-73-45-20-19-41-70(73)71-49-48-66(54-76(71)79)81(63-35-13-4-14-36-63,64-37-15-5-16-38-64)65-39-17-6-18-40-65/h1-54H. The van der Waals surface area contributed by atoms with Gasteiger partial charge in [0, 0.05) is 38.4 Å². The predicted molar refractivity (Wildman–Crippen MR) is 346 cm³/mol. The molecule has 2 nitrogen and oxygen atoms in total. The van der Waals surface area contributed by atoms with E-state index in [2.05, 4.69) is 337 Å². The number of fused-ring (bicyclic) bond motifs is 6. The zero-order valence-corrected chi connectivity index (χ0v) is 45.6. The van der Waals surface area contributed by atoms with E-state index in [-0.39, 0.29) is 0 Å². The summed E-state index contributed by atoms with van der Waals surface area (Å²) in [6.07, 6.45) is 0. The maximum absolute atomic E-state index is 2.88. The van der Waals surface area contributed by atoms with Crippen molar-refractivity contribution in [3.63, 3.8) is 0 Å². The Morgan fingerprint density at radius 3 is 1.20 bits per heavy atom. The monoisotopic (exact) mass is 1050 g/mol. The zero-order valence-electron chi connectivity index (χ0n) is 44.6. The lowest BCUT2D eigenvalue weighted by Gasteiger charge is -2.34. The zero-order chi connectivity index (χ0) is 53.7. The highest BCUT2D eigenvalue weighted by molar-refractivity contribution is 7.20. The first kappa shape index (κ1) is 47.9. The van der Waals surface area contributed by atoms with Gasteiger partial charge in [0.25, 0.3) is 0 Å². The fourth-order valence-corrected chi connectivity index (χ4v) is 17.9. The van der Waals surface area contributed by atoms with Crippen molar-refractivity contribution in [3.05, 3.63) is 328 Å². The number of hydrogen-bond acceptors (Lipinski definition) is 0. The molecule has 0 saturated carbocycles. The number of para-hydroxylation sites is 2. The topological polar surface area (TPSA) is 9.86 Å². The van der Waals surface area contributed by atoms with Crippen molar-refractivity contribution in [3.8, 4) is 67.0 Å². The Labute approximate surface area is 473 Å². The van der Waals surface area contributed by atoms with Gasteiger partial charge in [0.15, 0.2) is 8.07 Å². The van der Waals surface area contributed by atoms with Gasteiger partial charge in [-0.2, -0.15) is 0 Å². The number of hydrogen-bond donors (Lipinski definition) is 0. The molecule has 15 rings (SSSR count).